The maximum atomic E-state index is 11.3. The molecule has 1 aliphatic heterocycles. The Morgan fingerprint density at radius 2 is 2.31 bits per heavy atom. The molecule has 0 aromatic carbocycles. The monoisotopic (exact) mass is 241 g/mol. The minimum atomic E-state index is -0.886. The average Bonchev–Trinajstić information content (AvgIpc) is 2.63. The Morgan fingerprint density at radius 1 is 1.56 bits per heavy atom. The van der Waals surface area contributed by atoms with Crippen molar-refractivity contribution in [3.8, 4) is 0 Å². The molecule has 6 heteroatoms. The third-order valence-electron chi connectivity index (χ3n) is 3.00. The van der Waals surface area contributed by atoms with Crippen LogP contribution < -0.4 is 4.90 Å². The molecule has 0 saturated carbocycles. The minimum absolute atomic E-state index is 0.306. The van der Waals surface area contributed by atoms with Crippen molar-refractivity contribution in [1.29, 1.82) is 0 Å². The van der Waals surface area contributed by atoms with Crippen LogP contribution in [0.15, 0.2) is 12.1 Å². The zero-order valence-electron chi connectivity index (χ0n) is 8.85. The molecule has 0 bridgehead atoms. The van der Waals surface area contributed by atoms with E-state index in [1.165, 1.54) is 0 Å². The van der Waals surface area contributed by atoms with Gasteiger partial charge in [-0.2, -0.15) is 0 Å². The molecule has 1 aliphatic rings. The fraction of sp³-hybridized carbons (Fsp3) is 0.500. The number of halogens is 1. The Labute approximate surface area is 98.0 Å². The van der Waals surface area contributed by atoms with Crippen LogP contribution >= 0.6 is 11.6 Å². The molecule has 16 heavy (non-hydrogen) atoms. The molecule has 1 N–H and O–H groups in total. The zero-order valence-corrected chi connectivity index (χ0v) is 9.61. The van der Waals surface area contributed by atoms with Crippen molar-refractivity contribution < 1.29 is 9.90 Å². The number of carboxylic acids is 1. The number of carbonyl (C=O) groups is 1. The van der Waals surface area contributed by atoms with Crippen LogP contribution in [0.3, 0.4) is 0 Å². The maximum Gasteiger partial charge on any atom is 0.329 e. The van der Waals surface area contributed by atoms with Gasteiger partial charge in [0.25, 0.3) is 0 Å². The molecule has 2 heterocycles. The van der Waals surface area contributed by atoms with Crippen molar-refractivity contribution in [1.82, 2.24) is 10.2 Å². The average molecular weight is 242 g/mol. The maximum absolute atomic E-state index is 11.3. The fourth-order valence-corrected chi connectivity index (χ4v) is 2.11. The molecule has 1 aromatic heterocycles. The van der Waals surface area contributed by atoms with E-state index in [9.17, 15) is 9.90 Å². The van der Waals surface area contributed by atoms with E-state index >= 15 is 0 Å². The lowest BCUT2D eigenvalue weighted by molar-refractivity contribution is -0.142. The van der Waals surface area contributed by atoms with Gasteiger partial charge in [0.05, 0.1) is 0 Å². The second-order valence-corrected chi connectivity index (χ2v) is 4.44. The van der Waals surface area contributed by atoms with E-state index < -0.39 is 11.5 Å². The standard InChI is InChI=1S/C10H12ClN3O2/c1-10(9(15)16)5-2-6-14(10)8-4-3-7(11)12-13-8/h3-4H,2,5-6H2,1H3,(H,15,16). The highest BCUT2D eigenvalue weighted by molar-refractivity contribution is 6.29. The summed E-state index contributed by atoms with van der Waals surface area (Å²) in [6.07, 6.45) is 1.46. The molecule has 1 unspecified atom stereocenters. The summed E-state index contributed by atoms with van der Waals surface area (Å²) in [4.78, 5) is 13.0. The smallest absolute Gasteiger partial charge is 0.329 e. The molecule has 86 valence electrons. The zero-order chi connectivity index (χ0) is 11.8. The third kappa shape index (κ3) is 1.71. The van der Waals surface area contributed by atoms with Crippen LogP contribution in [0.5, 0.6) is 0 Å². The van der Waals surface area contributed by atoms with Crippen LogP contribution in [0.2, 0.25) is 5.15 Å². The highest BCUT2D eigenvalue weighted by Crippen LogP contribution is 2.32. The van der Waals surface area contributed by atoms with E-state index in [0.717, 1.165) is 6.42 Å². The number of anilines is 1. The second-order valence-electron chi connectivity index (χ2n) is 4.05. The van der Waals surface area contributed by atoms with Crippen molar-refractivity contribution in [2.75, 3.05) is 11.4 Å². The molecule has 1 saturated heterocycles. The van der Waals surface area contributed by atoms with Crippen LogP contribution in [0.1, 0.15) is 19.8 Å². The quantitative estimate of drug-likeness (QED) is 0.852. The lowest BCUT2D eigenvalue weighted by Gasteiger charge is -2.31. The van der Waals surface area contributed by atoms with E-state index in [4.69, 9.17) is 11.6 Å². The summed E-state index contributed by atoms with van der Waals surface area (Å²) in [5.74, 6) is -0.270. The van der Waals surface area contributed by atoms with E-state index in [-0.39, 0.29) is 0 Å². The number of carboxylic acid groups (broad SMARTS) is 1. The van der Waals surface area contributed by atoms with E-state index in [0.29, 0.717) is 23.9 Å². The van der Waals surface area contributed by atoms with Crippen molar-refractivity contribution in [2.24, 2.45) is 0 Å². The molecular weight excluding hydrogens is 230 g/mol. The van der Waals surface area contributed by atoms with Gasteiger partial charge in [0.15, 0.2) is 11.0 Å². The number of aromatic nitrogens is 2. The summed E-state index contributed by atoms with van der Waals surface area (Å²) in [6, 6.07) is 3.31. The van der Waals surface area contributed by atoms with Crippen molar-refractivity contribution in [3.63, 3.8) is 0 Å². The first-order valence-electron chi connectivity index (χ1n) is 5.04. The minimum Gasteiger partial charge on any atom is -0.480 e. The van der Waals surface area contributed by atoms with Gasteiger partial charge in [-0.15, -0.1) is 10.2 Å². The second kappa shape index (κ2) is 3.90. The van der Waals surface area contributed by atoms with Crippen LogP contribution in [0.25, 0.3) is 0 Å². The summed E-state index contributed by atoms with van der Waals surface area (Å²) in [7, 11) is 0. The Kier molecular flexibility index (Phi) is 2.71. The third-order valence-corrected chi connectivity index (χ3v) is 3.20. The Bertz CT molecular complexity index is 409. The summed E-state index contributed by atoms with van der Waals surface area (Å²) in [5.41, 5.74) is -0.886. The van der Waals surface area contributed by atoms with E-state index in [2.05, 4.69) is 10.2 Å². The van der Waals surface area contributed by atoms with Gasteiger partial charge in [-0.3, -0.25) is 0 Å². The Balaban J connectivity index is 2.33. The molecule has 1 atom stereocenters. The predicted octanol–water partition coefficient (Wildman–Crippen LogP) is 1.57. The first-order valence-corrected chi connectivity index (χ1v) is 5.42. The molecule has 1 aromatic rings. The van der Waals surface area contributed by atoms with E-state index in [1.54, 1.807) is 24.0 Å². The molecule has 2 rings (SSSR count). The van der Waals surface area contributed by atoms with Gasteiger partial charge in [0, 0.05) is 6.54 Å². The molecule has 5 nitrogen and oxygen atoms in total. The topological polar surface area (TPSA) is 66.3 Å². The summed E-state index contributed by atoms with van der Waals surface area (Å²) < 4.78 is 0. The van der Waals surface area contributed by atoms with Crippen molar-refractivity contribution in [2.45, 2.75) is 25.3 Å². The van der Waals surface area contributed by atoms with Gasteiger partial charge in [0.2, 0.25) is 0 Å². The lowest BCUT2D eigenvalue weighted by atomic mass is 9.99. The lowest BCUT2D eigenvalue weighted by Crippen LogP contribution is -2.48. The van der Waals surface area contributed by atoms with Crippen molar-refractivity contribution in [3.05, 3.63) is 17.3 Å². The fourth-order valence-electron chi connectivity index (χ4n) is 2.01. The molecule has 0 amide bonds. The number of hydrogen-bond donors (Lipinski definition) is 1. The van der Waals surface area contributed by atoms with Gasteiger partial charge in [-0.05, 0) is 31.9 Å². The molecular formula is C10H12ClN3O2. The predicted molar refractivity (Wildman–Crippen MR) is 59.7 cm³/mol. The normalized spacial score (nSPS) is 24.8. The van der Waals surface area contributed by atoms with Gasteiger partial charge in [-0.25, -0.2) is 4.79 Å². The van der Waals surface area contributed by atoms with Gasteiger partial charge in [-0.1, -0.05) is 11.6 Å². The van der Waals surface area contributed by atoms with Crippen LogP contribution in [0, 0.1) is 0 Å². The largest absolute Gasteiger partial charge is 0.480 e. The molecule has 1 fully saturated rings. The van der Waals surface area contributed by atoms with E-state index in [1.807, 2.05) is 0 Å². The van der Waals surface area contributed by atoms with Gasteiger partial charge < -0.3 is 10.0 Å². The Hall–Kier alpha value is -1.36. The highest BCUT2D eigenvalue weighted by Gasteiger charge is 2.44. The van der Waals surface area contributed by atoms with Crippen molar-refractivity contribution >= 4 is 23.4 Å². The van der Waals surface area contributed by atoms with Crippen LogP contribution in [-0.2, 0) is 4.79 Å². The summed E-state index contributed by atoms with van der Waals surface area (Å²) in [5, 5.41) is 17.2. The van der Waals surface area contributed by atoms with Crippen LogP contribution in [-0.4, -0.2) is 33.4 Å². The first-order chi connectivity index (χ1) is 7.54. The number of hydrogen-bond acceptors (Lipinski definition) is 4. The summed E-state index contributed by atoms with van der Waals surface area (Å²) in [6.45, 7) is 2.39. The highest BCUT2D eigenvalue weighted by atomic mass is 35.5. The number of aliphatic carboxylic acids is 1. The van der Waals surface area contributed by atoms with Crippen LogP contribution in [0.4, 0.5) is 5.82 Å². The molecule has 0 radical (unpaired) electrons. The molecule has 0 aliphatic carbocycles. The number of nitrogens with zero attached hydrogens (tertiary/aromatic N) is 3. The van der Waals surface area contributed by atoms with Gasteiger partial charge >= 0.3 is 5.97 Å². The Morgan fingerprint density at radius 3 is 2.88 bits per heavy atom. The number of rotatable bonds is 2. The molecule has 0 spiro atoms. The first kappa shape index (κ1) is 11.1. The summed E-state index contributed by atoms with van der Waals surface area (Å²) >= 11 is 5.64. The van der Waals surface area contributed by atoms with Gasteiger partial charge in [0.1, 0.15) is 5.54 Å². The SMILES string of the molecule is CC1(C(=O)O)CCCN1c1ccc(Cl)nn1.